The van der Waals surface area contributed by atoms with Gasteiger partial charge in [-0.2, -0.15) is 5.26 Å². The van der Waals surface area contributed by atoms with Crippen LogP contribution in [-0.2, 0) is 10.0 Å². The molecule has 5 nitrogen and oxygen atoms in total. The van der Waals surface area contributed by atoms with Crippen LogP contribution >= 0.6 is 0 Å². The molecule has 0 atom stereocenters. The summed E-state index contributed by atoms with van der Waals surface area (Å²) in [5.41, 5.74) is -0.430. The normalized spacial score (nSPS) is 11.9. The van der Waals surface area contributed by atoms with Gasteiger partial charge in [-0.25, -0.2) is 13.6 Å². The average Bonchev–Trinajstić information content (AvgIpc) is 2.28. The minimum atomic E-state index is -3.67. The van der Waals surface area contributed by atoms with Crippen LogP contribution in [0.5, 0.6) is 5.75 Å². The molecule has 0 unspecified atom stereocenters. The Morgan fingerprint density at radius 3 is 2.33 bits per heavy atom. The Bertz CT molecular complexity index is 542. The summed E-state index contributed by atoms with van der Waals surface area (Å²) in [6.45, 7) is 4.07. The average molecular weight is 268 g/mol. The summed E-state index contributed by atoms with van der Waals surface area (Å²) in [6.07, 6.45) is 0.598. The van der Waals surface area contributed by atoms with E-state index in [-0.39, 0.29) is 4.90 Å². The number of nitrogens with zero attached hydrogens (tertiary/aromatic N) is 1. The molecule has 6 heteroatoms. The second-order valence-electron chi connectivity index (χ2n) is 4.61. The quantitative estimate of drug-likeness (QED) is 0.878. The Labute approximate surface area is 107 Å². The van der Waals surface area contributed by atoms with Gasteiger partial charge in [0.2, 0.25) is 10.0 Å². The van der Waals surface area contributed by atoms with Crippen LogP contribution in [-0.4, -0.2) is 15.0 Å². The molecule has 0 amide bonds. The SMILES string of the molecule is CC(C)(C#N)CCOc1ccc(S(N)(=O)=O)cc1. The summed E-state index contributed by atoms with van der Waals surface area (Å²) >= 11 is 0. The van der Waals surface area contributed by atoms with Crippen LogP contribution in [0.25, 0.3) is 0 Å². The first kappa shape index (κ1) is 14.5. The van der Waals surface area contributed by atoms with Crippen LogP contribution < -0.4 is 9.88 Å². The number of benzene rings is 1. The number of hydrogen-bond acceptors (Lipinski definition) is 4. The van der Waals surface area contributed by atoms with Crippen molar-refractivity contribution in [2.24, 2.45) is 10.6 Å². The van der Waals surface area contributed by atoms with Gasteiger partial charge in [-0.15, -0.1) is 0 Å². The minimum Gasteiger partial charge on any atom is -0.494 e. The number of hydrogen-bond donors (Lipinski definition) is 1. The van der Waals surface area contributed by atoms with Gasteiger partial charge in [0.15, 0.2) is 0 Å². The van der Waals surface area contributed by atoms with E-state index < -0.39 is 15.4 Å². The van der Waals surface area contributed by atoms with Crippen molar-refractivity contribution in [1.29, 1.82) is 5.26 Å². The molecule has 0 radical (unpaired) electrons. The van der Waals surface area contributed by atoms with Crippen molar-refractivity contribution in [2.75, 3.05) is 6.61 Å². The van der Waals surface area contributed by atoms with Gasteiger partial charge in [-0.3, -0.25) is 0 Å². The topological polar surface area (TPSA) is 93.2 Å². The second kappa shape index (κ2) is 5.38. The molecule has 0 aliphatic carbocycles. The zero-order valence-corrected chi connectivity index (χ0v) is 11.2. The molecule has 0 heterocycles. The lowest BCUT2D eigenvalue weighted by Gasteiger charge is -2.15. The molecule has 0 aromatic heterocycles. The largest absolute Gasteiger partial charge is 0.494 e. The summed E-state index contributed by atoms with van der Waals surface area (Å²) in [7, 11) is -3.67. The zero-order valence-electron chi connectivity index (χ0n) is 10.4. The third-order valence-electron chi connectivity index (χ3n) is 2.45. The van der Waals surface area contributed by atoms with E-state index in [1.54, 1.807) is 12.1 Å². The molecular formula is C12H16N2O3S. The summed E-state index contributed by atoms with van der Waals surface area (Å²) in [5.74, 6) is 0.552. The summed E-state index contributed by atoms with van der Waals surface area (Å²) in [5, 5.41) is 13.8. The zero-order chi connectivity index (χ0) is 13.8. The van der Waals surface area contributed by atoms with Gasteiger partial charge < -0.3 is 4.74 Å². The maximum atomic E-state index is 11.0. The first-order valence-electron chi connectivity index (χ1n) is 5.41. The van der Waals surface area contributed by atoms with E-state index in [1.165, 1.54) is 12.1 Å². The van der Waals surface area contributed by atoms with E-state index in [4.69, 9.17) is 15.1 Å². The van der Waals surface area contributed by atoms with Gasteiger partial charge in [0.25, 0.3) is 0 Å². The highest BCUT2D eigenvalue weighted by Crippen LogP contribution is 2.20. The van der Waals surface area contributed by atoms with E-state index in [0.29, 0.717) is 18.8 Å². The first-order valence-corrected chi connectivity index (χ1v) is 6.96. The molecule has 2 N–H and O–H groups in total. The third kappa shape index (κ3) is 4.35. The highest BCUT2D eigenvalue weighted by Gasteiger charge is 2.16. The standard InChI is InChI=1S/C12H16N2O3S/c1-12(2,9-13)7-8-17-10-3-5-11(6-4-10)18(14,15)16/h3-6H,7-8H2,1-2H3,(H2,14,15,16). The minimum absolute atomic E-state index is 0.0483. The van der Waals surface area contributed by atoms with Gasteiger partial charge in [-0.1, -0.05) is 0 Å². The fourth-order valence-electron chi connectivity index (χ4n) is 1.21. The van der Waals surface area contributed by atoms with Crippen LogP contribution in [0.1, 0.15) is 20.3 Å². The smallest absolute Gasteiger partial charge is 0.238 e. The Kier molecular flexibility index (Phi) is 4.33. The Balaban J connectivity index is 2.59. The number of nitriles is 1. The van der Waals surface area contributed by atoms with E-state index in [1.807, 2.05) is 13.8 Å². The van der Waals surface area contributed by atoms with E-state index in [0.717, 1.165) is 0 Å². The maximum Gasteiger partial charge on any atom is 0.238 e. The maximum absolute atomic E-state index is 11.0. The lowest BCUT2D eigenvalue weighted by atomic mass is 9.92. The summed E-state index contributed by atoms with van der Waals surface area (Å²) in [4.78, 5) is 0.0483. The summed E-state index contributed by atoms with van der Waals surface area (Å²) in [6, 6.07) is 8.04. The van der Waals surface area contributed by atoms with Crippen molar-refractivity contribution in [3.8, 4) is 11.8 Å². The molecule has 0 bridgehead atoms. The number of primary sulfonamides is 1. The number of sulfonamides is 1. The monoisotopic (exact) mass is 268 g/mol. The summed E-state index contributed by atoms with van der Waals surface area (Å²) < 4.78 is 27.5. The fourth-order valence-corrected chi connectivity index (χ4v) is 1.72. The highest BCUT2D eigenvalue weighted by molar-refractivity contribution is 7.89. The molecule has 0 spiro atoms. The Morgan fingerprint density at radius 1 is 1.33 bits per heavy atom. The molecule has 0 aliphatic heterocycles. The van der Waals surface area contributed by atoms with Crippen LogP contribution in [0.15, 0.2) is 29.2 Å². The van der Waals surface area contributed by atoms with Crippen molar-refractivity contribution in [2.45, 2.75) is 25.2 Å². The molecule has 1 rings (SSSR count). The molecule has 0 saturated heterocycles. The van der Waals surface area contributed by atoms with Crippen molar-refractivity contribution in [1.82, 2.24) is 0 Å². The molecule has 1 aromatic carbocycles. The van der Waals surface area contributed by atoms with Crippen LogP contribution in [0.4, 0.5) is 0 Å². The van der Waals surface area contributed by atoms with Crippen LogP contribution in [0.2, 0.25) is 0 Å². The number of ether oxygens (including phenoxy) is 1. The number of nitrogens with two attached hydrogens (primary N) is 1. The molecule has 0 fully saturated rings. The number of rotatable bonds is 5. The lowest BCUT2D eigenvalue weighted by molar-refractivity contribution is 0.264. The predicted octanol–water partition coefficient (Wildman–Crippen LogP) is 1.65. The molecular weight excluding hydrogens is 252 g/mol. The van der Waals surface area contributed by atoms with Crippen LogP contribution in [0, 0.1) is 16.7 Å². The van der Waals surface area contributed by atoms with Crippen molar-refractivity contribution >= 4 is 10.0 Å². The molecule has 1 aromatic rings. The predicted molar refractivity (Wildman–Crippen MR) is 67.3 cm³/mol. The lowest BCUT2D eigenvalue weighted by Crippen LogP contribution is -2.13. The fraction of sp³-hybridized carbons (Fsp3) is 0.417. The van der Waals surface area contributed by atoms with Gasteiger partial charge >= 0.3 is 0 Å². The second-order valence-corrected chi connectivity index (χ2v) is 6.17. The van der Waals surface area contributed by atoms with Gasteiger partial charge in [0, 0.05) is 0 Å². The Hall–Kier alpha value is -1.58. The van der Waals surface area contributed by atoms with E-state index in [9.17, 15) is 8.42 Å². The van der Waals surface area contributed by atoms with E-state index in [2.05, 4.69) is 6.07 Å². The molecule has 0 aliphatic rings. The molecule has 0 saturated carbocycles. The van der Waals surface area contributed by atoms with E-state index >= 15 is 0 Å². The molecule has 98 valence electrons. The van der Waals surface area contributed by atoms with Gasteiger partial charge in [-0.05, 0) is 44.5 Å². The van der Waals surface area contributed by atoms with Gasteiger partial charge in [0.1, 0.15) is 5.75 Å². The highest BCUT2D eigenvalue weighted by atomic mass is 32.2. The van der Waals surface area contributed by atoms with Gasteiger partial charge in [0.05, 0.1) is 23.0 Å². The first-order chi connectivity index (χ1) is 8.24. The van der Waals surface area contributed by atoms with Crippen molar-refractivity contribution in [3.05, 3.63) is 24.3 Å². The molecule has 18 heavy (non-hydrogen) atoms. The Morgan fingerprint density at radius 2 is 1.89 bits per heavy atom. The third-order valence-corrected chi connectivity index (χ3v) is 3.38. The van der Waals surface area contributed by atoms with Crippen molar-refractivity contribution < 1.29 is 13.2 Å². The van der Waals surface area contributed by atoms with Crippen LogP contribution in [0.3, 0.4) is 0 Å². The van der Waals surface area contributed by atoms with Crippen molar-refractivity contribution in [3.63, 3.8) is 0 Å².